The number of allylic oxidation sites excluding steroid dienone is 5. The van der Waals surface area contributed by atoms with Crippen LogP contribution in [0.15, 0.2) is 104 Å². The van der Waals surface area contributed by atoms with Crippen LogP contribution in [-0.2, 0) is 0 Å². The molecular formula is C31H31N7. The van der Waals surface area contributed by atoms with Gasteiger partial charge in [-0.05, 0) is 61.6 Å². The number of hydrogen-bond donors (Lipinski definition) is 3. The molecule has 0 aliphatic heterocycles. The van der Waals surface area contributed by atoms with Gasteiger partial charge in [-0.15, -0.1) is 0 Å². The van der Waals surface area contributed by atoms with Gasteiger partial charge in [0.25, 0.3) is 0 Å². The lowest BCUT2D eigenvalue weighted by atomic mass is 9.83. The molecule has 5 rings (SSSR count). The Morgan fingerprint density at radius 1 is 1.11 bits per heavy atom. The van der Waals surface area contributed by atoms with Gasteiger partial charge >= 0.3 is 0 Å². The van der Waals surface area contributed by atoms with E-state index in [2.05, 4.69) is 45.0 Å². The molecule has 0 spiro atoms. The Kier molecular flexibility index (Phi) is 7.00. The van der Waals surface area contributed by atoms with Crippen molar-refractivity contribution in [2.75, 3.05) is 5.32 Å². The van der Waals surface area contributed by atoms with E-state index in [1.807, 2.05) is 49.4 Å². The number of nitrogens with zero attached hydrogens (tertiary/aromatic N) is 4. The molecule has 190 valence electrons. The van der Waals surface area contributed by atoms with Crippen LogP contribution in [-0.4, -0.2) is 24.9 Å². The molecule has 0 atom stereocenters. The molecular weight excluding hydrogens is 470 g/mol. The van der Waals surface area contributed by atoms with Gasteiger partial charge in [0, 0.05) is 52.3 Å². The van der Waals surface area contributed by atoms with E-state index in [0.717, 1.165) is 39.3 Å². The van der Waals surface area contributed by atoms with Crippen LogP contribution in [0.5, 0.6) is 0 Å². The fraction of sp³-hybridized carbons (Fsp3) is 0.161. The summed E-state index contributed by atoms with van der Waals surface area (Å²) in [5.41, 5.74) is 15.0. The number of nitrogens with two attached hydrogens (primary N) is 1. The summed E-state index contributed by atoms with van der Waals surface area (Å²) < 4.78 is 0. The Morgan fingerprint density at radius 3 is 2.66 bits per heavy atom. The summed E-state index contributed by atoms with van der Waals surface area (Å²) in [5.74, 6) is 1.10. The fourth-order valence-electron chi connectivity index (χ4n) is 4.40. The molecule has 1 aliphatic carbocycles. The third kappa shape index (κ3) is 5.04. The molecule has 4 heterocycles. The third-order valence-electron chi connectivity index (χ3n) is 6.90. The number of rotatable bonds is 9. The van der Waals surface area contributed by atoms with Gasteiger partial charge in [0.1, 0.15) is 5.82 Å². The van der Waals surface area contributed by atoms with E-state index in [9.17, 15) is 0 Å². The van der Waals surface area contributed by atoms with E-state index in [-0.39, 0.29) is 0 Å². The van der Waals surface area contributed by atoms with Crippen LogP contribution in [0, 0.1) is 5.92 Å². The van der Waals surface area contributed by atoms with Gasteiger partial charge in [-0.25, -0.2) is 9.97 Å². The average Bonchev–Trinajstić information content (AvgIpc) is 3.35. The number of pyridine rings is 3. The second-order valence-electron chi connectivity index (χ2n) is 9.40. The van der Waals surface area contributed by atoms with Crippen molar-refractivity contribution in [1.29, 1.82) is 0 Å². The Bertz CT molecular complexity index is 1590. The molecule has 0 bridgehead atoms. The minimum Gasteiger partial charge on any atom is -0.398 e. The summed E-state index contributed by atoms with van der Waals surface area (Å²) in [6, 6.07) is 9.73. The van der Waals surface area contributed by atoms with E-state index < -0.39 is 0 Å². The maximum Gasteiger partial charge on any atom is 0.178 e. The number of anilines is 1. The van der Waals surface area contributed by atoms with Crippen molar-refractivity contribution in [3.8, 4) is 11.3 Å². The number of aromatic nitrogens is 5. The number of hydrogen-bond acceptors (Lipinski definition) is 6. The zero-order valence-electron chi connectivity index (χ0n) is 21.5. The normalized spacial score (nSPS) is 14.2. The molecule has 38 heavy (non-hydrogen) atoms. The predicted octanol–water partition coefficient (Wildman–Crippen LogP) is 6.66. The maximum atomic E-state index is 6.43. The van der Waals surface area contributed by atoms with Gasteiger partial charge in [0.2, 0.25) is 0 Å². The molecule has 0 aromatic carbocycles. The molecule has 0 amide bonds. The lowest BCUT2D eigenvalue weighted by Gasteiger charge is -2.28. The van der Waals surface area contributed by atoms with Crippen molar-refractivity contribution in [2.24, 2.45) is 11.7 Å². The summed E-state index contributed by atoms with van der Waals surface area (Å²) in [6.45, 7) is 14.7. The van der Waals surface area contributed by atoms with E-state index >= 15 is 0 Å². The first-order valence-corrected chi connectivity index (χ1v) is 12.6. The molecule has 1 saturated carbocycles. The summed E-state index contributed by atoms with van der Waals surface area (Å²) >= 11 is 0. The Morgan fingerprint density at radius 2 is 1.95 bits per heavy atom. The predicted molar refractivity (Wildman–Crippen MR) is 156 cm³/mol. The highest BCUT2D eigenvalue weighted by Crippen LogP contribution is 2.34. The lowest BCUT2D eigenvalue weighted by molar-refractivity contribution is 0.371. The summed E-state index contributed by atoms with van der Waals surface area (Å²) in [6.07, 6.45) is 14.5. The molecule has 0 radical (unpaired) electrons. The van der Waals surface area contributed by atoms with Gasteiger partial charge in [-0.3, -0.25) is 9.97 Å². The van der Waals surface area contributed by atoms with Crippen molar-refractivity contribution in [2.45, 2.75) is 26.2 Å². The van der Waals surface area contributed by atoms with Crippen LogP contribution in [0.3, 0.4) is 0 Å². The lowest BCUT2D eigenvalue weighted by Crippen LogP contribution is -2.18. The number of fused-ring (bicyclic) bond motifs is 1. The van der Waals surface area contributed by atoms with E-state index in [1.54, 1.807) is 24.8 Å². The van der Waals surface area contributed by atoms with Gasteiger partial charge in [0.05, 0.1) is 23.1 Å². The molecule has 4 N–H and O–H groups in total. The summed E-state index contributed by atoms with van der Waals surface area (Å²) in [4.78, 5) is 21.4. The first-order valence-electron chi connectivity index (χ1n) is 12.6. The molecule has 0 unspecified atom stereocenters. The van der Waals surface area contributed by atoms with Gasteiger partial charge in [0.15, 0.2) is 5.65 Å². The standard InChI is InChI=1S/C31H31N7/c1-5-27(32)26(15-19(2)23-16-24(18-33-17-23)36-21(4)22-9-8-10-22)20(3)30-37-29-25(12-14-35-31(29)38-30)28-11-6-7-13-34-28/h5-7,11-18,22,36H,2-4,8-10,32H2,1H3,(H,35,37,38)/b26-15-,27-5+. The van der Waals surface area contributed by atoms with Crippen LogP contribution in [0.4, 0.5) is 5.69 Å². The van der Waals surface area contributed by atoms with Crippen LogP contribution in [0.1, 0.15) is 37.6 Å². The van der Waals surface area contributed by atoms with Crippen LogP contribution in [0.25, 0.3) is 33.6 Å². The highest BCUT2D eigenvalue weighted by molar-refractivity contribution is 5.92. The highest BCUT2D eigenvalue weighted by atomic mass is 15.0. The topological polar surface area (TPSA) is 105 Å². The number of H-pyrrole nitrogens is 1. The third-order valence-corrected chi connectivity index (χ3v) is 6.90. The van der Waals surface area contributed by atoms with Crippen molar-refractivity contribution in [1.82, 2.24) is 24.9 Å². The van der Waals surface area contributed by atoms with Gasteiger partial charge in [-0.2, -0.15) is 0 Å². The molecule has 1 aliphatic rings. The largest absolute Gasteiger partial charge is 0.398 e. The molecule has 1 fully saturated rings. The Labute approximate surface area is 222 Å². The highest BCUT2D eigenvalue weighted by Gasteiger charge is 2.21. The van der Waals surface area contributed by atoms with Crippen molar-refractivity contribution in [3.63, 3.8) is 0 Å². The smallest absolute Gasteiger partial charge is 0.178 e. The minimum absolute atomic E-state index is 0.530. The van der Waals surface area contributed by atoms with E-state index in [1.165, 1.54) is 19.3 Å². The van der Waals surface area contributed by atoms with Crippen molar-refractivity contribution in [3.05, 3.63) is 115 Å². The molecule has 7 heteroatoms. The monoisotopic (exact) mass is 501 g/mol. The second kappa shape index (κ2) is 10.7. The first kappa shape index (κ1) is 24.9. The zero-order chi connectivity index (χ0) is 26.6. The Hall–Kier alpha value is -4.78. The van der Waals surface area contributed by atoms with Crippen LogP contribution < -0.4 is 11.1 Å². The summed E-state index contributed by atoms with van der Waals surface area (Å²) in [7, 11) is 0. The molecule has 7 nitrogen and oxygen atoms in total. The maximum absolute atomic E-state index is 6.43. The van der Waals surface area contributed by atoms with E-state index in [4.69, 9.17) is 10.7 Å². The van der Waals surface area contributed by atoms with Gasteiger partial charge < -0.3 is 16.0 Å². The van der Waals surface area contributed by atoms with E-state index in [0.29, 0.717) is 34.2 Å². The van der Waals surface area contributed by atoms with Crippen molar-refractivity contribution >= 4 is 28.0 Å². The second-order valence-corrected chi connectivity index (χ2v) is 9.40. The molecule has 4 aromatic heterocycles. The molecule has 4 aromatic rings. The molecule has 0 saturated heterocycles. The number of imidazole rings is 1. The van der Waals surface area contributed by atoms with Crippen LogP contribution in [0.2, 0.25) is 0 Å². The fourth-order valence-corrected chi connectivity index (χ4v) is 4.40. The van der Waals surface area contributed by atoms with Crippen LogP contribution >= 0.6 is 0 Å². The Balaban J connectivity index is 1.45. The van der Waals surface area contributed by atoms with Crippen molar-refractivity contribution < 1.29 is 0 Å². The first-order chi connectivity index (χ1) is 18.4. The number of aromatic amines is 1. The summed E-state index contributed by atoms with van der Waals surface area (Å²) in [5, 5.41) is 3.41. The minimum atomic E-state index is 0.530. The SMILES string of the molecule is C=C(/C=C(C(=C)c1nc2nccc(-c3ccccn3)c2[nH]1)\C(N)=C/C)c1cncc(NC(=C)C2CCC2)c1. The number of nitrogens with one attached hydrogen (secondary N) is 2. The van der Waals surface area contributed by atoms with Gasteiger partial charge in [-0.1, -0.05) is 38.3 Å². The average molecular weight is 502 g/mol. The quantitative estimate of drug-likeness (QED) is 0.222. The zero-order valence-corrected chi connectivity index (χ0v) is 21.5.